The summed E-state index contributed by atoms with van der Waals surface area (Å²) < 4.78 is 6.00. The van der Waals surface area contributed by atoms with E-state index >= 15 is 0 Å². The lowest BCUT2D eigenvalue weighted by Gasteiger charge is -2.29. The SMILES string of the molecule is CCC(CO)(CO)NC(=O)CCc1ccc(OC)c(Br)c1. The van der Waals surface area contributed by atoms with Gasteiger partial charge in [0, 0.05) is 6.42 Å². The Labute approximate surface area is 133 Å². The molecule has 0 aliphatic carbocycles. The Morgan fingerprint density at radius 3 is 2.52 bits per heavy atom. The number of ether oxygens (including phenoxy) is 1. The lowest BCUT2D eigenvalue weighted by molar-refractivity contribution is -0.124. The van der Waals surface area contributed by atoms with E-state index in [-0.39, 0.29) is 19.1 Å². The summed E-state index contributed by atoms with van der Waals surface area (Å²) in [4.78, 5) is 11.9. The zero-order valence-electron chi connectivity index (χ0n) is 12.4. The first kappa shape index (κ1) is 17.9. The van der Waals surface area contributed by atoms with E-state index in [9.17, 15) is 15.0 Å². The van der Waals surface area contributed by atoms with Crippen molar-refractivity contribution < 1.29 is 19.7 Å². The Morgan fingerprint density at radius 1 is 1.38 bits per heavy atom. The van der Waals surface area contributed by atoms with Crippen molar-refractivity contribution in [2.24, 2.45) is 0 Å². The van der Waals surface area contributed by atoms with Crippen LogP contribution < -0.4 is 10.1 Å². The maximum Gasteiger partial charge on any atom is 0.220 e. The van der Waals surface area contributed by atoms with Crippen LogP contribution in [0.4, 0.5) is 0 Å². The molecule has 0 atom stereocenters. The van der Waals surface area contributed by atoms with Gasteiger partial charge in [0.05, 0.1) is 30.3 Å². The minimum absolute atomic E-state index is 0.188. The normalized spacial score (nSPS) is 11.3. The number of hydrogen-bond donors (Lipinski definition) is 3. The lowest BCUT2D eigenvalue weighted by Crippen LogP contribution is -2.53. The van der Waals surface area contributed by atoms with Gasteiger partial charge < -0.3 is 20.3 Å². The molecule has 3 N–H and O–H groups in total. The van der Waals surface area contributed by atoms with E-state index in [4.69, 9.17) is 4.74 Å². The molecule has 0 fully saturated rings. The monoisotopic (exact) mass is 359 g/mol. The number of nitrogens with one attached hydrogen (secondary N) is 1. The molecule has 0 heterocycles. The molecular formula is C15H22BrNO4. The average Bonchev–Trinajstić information content (AvgIpc) is 2.51. The van der Waals surface area contributed by atoms with Crippen LogP contribution in [0, 0.1) is 0 Å². The molecule has 118 valence electrons. The smallest absolute Gasteiger partial charge is 0.220 e. The van der Waals surface area contributed by atoms with Crippen LogP contribution >= 0.6 is 15.9 Å². The third-order valence-electron chi connectivity index (χ3n) is 3.54. The van der Waals surface area contributed by atoms with Crippen LogP contribution in [0.15, 0.2) is 22.7 Å². The number of aliphatic hydroxyl groups excluding tert-OH is 2. The van der Waals surface area contributed by atoms with Gasteiger partial charge in [-0.05, 0) is 46.5 Å². The average molecular weight is 360 g/mol. The molecule has 0 spiro atoms. The highest BCUT2D eigenvalue weighted by molar-refractivity contribution is 9.10. The molecular weight excluding hydrogens is 338 g/mol. The van der Waals surface area contributed by atoms with Crippen LogP contribution in [-0.4, -0.2) is 42.0 Å². The summed E-state index contributed by atoms with van der Waals surface area (Å²) in [5, 5.41) is 21.3. The van der Waals surface area contributed by atoms with E-state index in [1.54, 1.807) is 7.11 Å². The summed E-state index contributed by atoms with van der Waals surface area (Å²) in [7, 11) is 1.60. The second-order valence-corrected chi connectivity index (χ2v) is 5.82. The highest BCUT2D eigenvalue weighted by Gasteiger charge is 2.28. The number of methoxy groups -OCH3 is 1. The van der Waals surface area contributed by atoms with Crippen molar-refractivity contribution in [2.75, 3.05) is 20.3 Å². The first-order valence-corrected chi connectivity index (χ1v) is 7.64. The number of carbonyl (C=O) groups is 1. The van der Waals surface area contributed by atoms with Gasteiger partial charge >= 0.3 is 0 Å². The molecule has 0 unspecified atom stereocenters. The van der Waals surface area contributed by atoms with Gasteiger partial charge in [-0.2, -0.15) is 0 Å². The summed E-state index contributed by atoms with van der Waals surface area (Å²) in [5.41, 5.74) is 0.0744. The highest BCUT2D eigenvalue weighted by Crippen LogP contribution is 2.26. The number of aliphatic hydroxyl groups is 2. The second-order valence-electron chi connectivity index (χ2n) is 4.97. The van der Waals surface area contributed by atoms with Crippen LogP contribution in [0.5, 0.6) is 5.75 Å². The molecule has 0 aliphatic heterocycles. The van der Waals surface area contributed by atoms with Crippen LogP contribution in [-0.2, 0) is 11.2 Å². The molecule has 21 heavy (non-hydrogen) atoms. The maximum atomic E-state index is 11.9. The Hall–Kier alpha value is -1.11. The summed E-state index contributed by atoms with van der Waals surface area (Å²) in [5.74, 6) is 0.556. The van der Waals surface area contributed by atoms with Gasteiger partial charge in [-0.15, -0.1) is 0 Å². The van der Waals surface area contributed by atoms with Crippen molar-refractivity contribution in [3.8, 4) is 5.75 Å². The van der Waals surface area contributed by atoms with Crippen LogP contribution in [0.1, 0.15) is 25.3 Å². The predicted molar refractivity (Wildman–Crippen MR) is 84.4 cm³/mol. The number of benzene rings is 1. The quantitative estimate of drug-likeness (QED) is 0.659. The van der Waals surface area contributed by atoms with E-state index in [0.29, 0.717) is 19.3 Å². The van der Waals surface area contributed by atoms with Gasteiger partial charge in [0.25, 0.3) is 0 Å². The van der Waals surface area contributed by atoms with E-state index in [1.165, 1.54) is 0 Å². The fourth-order valence-electron chi connectivity index (χ4n) is 1.92. The molecule has 6 heteroatoms. The number of amides is 1. The van der Waals surface area contributed by atoms with E-state index in [2.05, 4.69) is 21.2 Å². The molecule has 1 aromatic carbocycles. The molecule has 0 saturated carbocycles. The third kappa shape index (κ3) is 4.98. The number of aryl methyl sites for hydroxylation is 1. The molecule has 1 aromatic rings. The van der Waals surface area contributed by atoms with Gasteiger partial charge in [0.2, 0.25) is 5.91 Å². The van der Waals surface area contributed by atoms with E-state index < -0.39 is 5.54 Å². The molecule has 1 rings (SSSR count). The molecule has 0 aromatic heterocycles. The molecule has 5 nitrogen and oxygen atoms in total. The topological polar surface area (TPSA) is 78.8 Å². The van der Waals surface area contributed by atoms with Crippen molar-refractivity contribution in [1.82, 2.24) is 5.32 Å². The number of hydrogen-bond acceptors (Lipinski definition) is 4. The van der Waals surface area contributed by atoms with Gasteiger partial charge in [-0.25, -0.2) is 0 Å². The molecule has 0 aliphatic rings. The Balaban J connectivity index is 2.59. The Morgan fingerprint density at radius 2 is 2.05 bits per heavy atom. The molecule has 0 saturated heterocycles. The van der Waals surface area contributed by atoms with Crippen molar-refractivity contribution >= 4 is 21.8 Å². The van der Waals surface area contributed by atoms with Gasteiger partial charge in [-0.1, -0.05) is 13.0 Å². The van der Waals surface area contributed by atoms with E-state index in [1.807, 2.05) is 25.1 Å². The minimum atomic E-state index is -0.933. The molecule has 0 bridgehead atoms. The number of rotatable bonds is 8. The van der Waals surface area contributed by atoms with E-state index in [0.717, 1.165) is 15.8 Å². The summed E-state index contributed by atoms with van der Waals surface area (Å²) >= 11 is 3.41. The predicted octanol–water partition coefficient (Wildman–Crippen LogP) is 1.64. The van der Waals surface area contributed by atoms with Gasteiger partial charge in [-0.3, -0.25) is 4.79 Å². The van der Waals surface area contributed by atoms with Crippen molar-refractivity contribution in [3.63, 3.8) is 0 Å². The molecule has 0 radical (unpaired) electrons. The van der Waals surface area contributed by atoms with Gasteiger partial charge in [0.1, 0.15) is 5.75 Å². The first-order chi connectivity index (χ1) is 10.00. The summed E-state index contributed by atoms with van der Waals surface area (Å²) in [6, 6.07) is 5.66. The second kappa shape index (κ2) is 8.36. The largest absolute Gasteiger partial charge is 0.496 e. The van der Waals surface area contributed by atoms with Crippen LogP contribution in [0.3, 0.4) is 0 Å². The number of halogens is 1. The van der Waals surface area contributed by atoms with Crippen molar-refractivity contribution in [2.45, 2.75) is 31.7 Å². The van der Waals surface area contributed by atoms with Crippen molar-refractivity contribution in [3.05, 3.63) is 28.2 Å². The van der Waals surface area contributed by atoms with Crippen LogP contribution in [0.2, 0.25) is 0 Å². The fourth-order valence-corrected chi connectivity index (χ4v) is 2.51. The Kier molecular flexibility index (Phi) is 7.14. The summed E-state index contributed by atoms with van der Waals surface area (Å²) in [6.07, 6.45) is 1.34. The third-order valence-corrected chi connectivity index (χ3v) is 4.16. The Bertz CT molecular complexity index is 466. The standard InChI is InChI=1S/C15H22BrNO4/c1-3-15(9-18,10-19)17-14(20)7-5-11-4-6-13(21-2)12(16)8-11/h4,6,8,18-19H,3,5,7,9-10H2,1-2H3,(H,17,20). The zero-order valence-corrected chi connectivity index (χ0v) is 13.9. The zero-order chi connectivity index (χ0) is 15.9. The maximum absolute atomic E-state index is 11.9. The minimum Gasteiger partial charge on any atom is -0.496 e. The lowest BCUT2D eigenvalue weighted by atomic mass is 9.98. The summed E-state index contributed by atoms with van der Waals surface area (Å²) in [6.45, 7) is 1.26. The first-order valence-electron chi connectivity index (χ1n) is 6.85. The highest BCUT2D eigenvalue weighted by atomic mass is 79.9. The van der Waals surface area contributed by atoms with Gasteiger partial charge in [0.15, 0.2) is 0 Å². The molecule has 1 amide bonds. The van der Waals surface area contributed by atoms with Crippen LogP contribution in [0.25, 0.3) is 0 Å². The van der Waals surface area contributed by atoms with Crippen molar-refractivity contribution in [1.29, 1.82) is 0 Å². The fraction of sp³-hybridized carbons (Fsp3) is 0.533. The number of carbonyl (C=O) groups excluding carboxylic acids is 1.